The van der Waals surface area contributed by atoms with Gasteiger partial charge in [0, 0.05) is 6.21 Å². The molecule has 1 atom stereocenters. The summed E-state index contributed by atoms with van der Waals surface area (Å²) in [5.74, 6) is 0. The molecule has 2 rings (SSSR count). The number of nitrogens with zero attached hydrogens (tertiary/aromatic N) is 1. The van der Waals surface area contributed by atoms with Crippen LogP contribution in [0.4, 0.5) is 0 Å². The molecule has 1 aliphatic rings. The van der Waals surface area contributed by atoms with Gasteiger partial charge in [0.05, 0.1) is 6.04 Å². The van der Waals surface area contributed by atoms with Gasteiger partial charge < -0.3 is 0 Å². The quantitative estimate of drug-likeness (QED) is 0.670. The Morgan fingerprint density at radius 3 is 2.53 bits per heavy atom. The second kappa shape index (κ2) is 4.48. The molecule has 0 spiro atoms. The van der Waals surface area contributed by atoms with Crippen LogP contribution in [0.15, 0.2) is 40.9 Å². The second-order valence-corrected chi connectivity index (χ2v) is 5.82. The summed E-state index contributed by atoms with van der Waals surface area (Å²) in [5.41, 5.74) is 4.43. The normalized spacial score (nSPS) is 20.2. The zero-order valence-electron chi connectivity index (χ0n) is 11.2. The van der Waals surface area contributed by atoms with Crippen LogP contribution in [-0.4, -0.2) is 6.21 Å². The lowest BCUT2D eigenvalue weighted by Crippen LogP contribution is -2.15. The van der Waals surface area contributed by atoms with Gasteiger partial charge in [0.25, 0.3) is 0 Å². The number of rotatable bonds is 1. The number of aliphatic imine (C=N–C) groups is 1. The van der Waals surface area contributed by atoms with Crippen molar-refractivity contribution in [2.45, 2.75) is 40.2 Å². The van der Waals surface area contributed by atoms with Crippen molar-refractivity contribution < 1.29 is 0 Å². The predicted octanol–water partition coefficient (Wildman–Crippen LogP) is 4.48. The molecule has 90 valence electrons. The Hall–Kier alpha value is -1.37. The molecule has 0 saturated heterocycles. The van der Waals surface area contributed by atoms with E-state index in [4.69, 9.17) is 0 Å². The Bertz CT molecular complexity index is 461. The molecule has 17 heavy (non-hydrogen) atoms. The molecule has 1 aromatic carbocycles. The number of dihydropyridines is 1. The van der Waals surface area contributed by atoms with Gasteiger partial charge in [-0.3, -0.25) is 4.99 Å². The first-order valence-corrected chi connectivity index (χ1v) is 6.27. The molecule has 0 radical (unpaired) electrons. The zero-order chi connectivity index (χ0) is 12.5. The van der Waals surface area contributed by atoms with E-state index in [0.29, 0.717) is 6.04 Å². The third-order valence-electron chi connectivity index (χ3n) is 3.47. The van der Waals surface area contributed by atoms with E-state index in [1.807, 2.05) is 6.21 Å². The summed E-state index contributed by atoms with van der Waals surface area (Å²) in [6.45, 7) is 8.98. The van der Waals surface area contributed by atoms with Crippen LogP contribution in [0, 0.1) is 12.3 Å². The molecular formula is C16H21N. The van der Waals surface area contributed by atoms with E-state index in [0.717, 1.165) is 6.42 Å². The lowest BCUT2D eigenvalue weighted by Gasteiger charge is -2.28. The third kappa shape index (κ3) is 2.66. The van der Waals surface area contributed by atoms with Crippen molar-refractivity contribution in [2.75, 3.05) is 0 Å². The fourth-order valence-electron chi connectivity index (χ4n) is 2.27. The molecule has 0 bridgehead atoms. The number of aryl methyl sites for hydroxylation is 1. The highest BCUT2D eigenvalue weighted by molar-refractivity contribution is 5.74. The minimum atomic E-state index is 0.243. The van der Waals surface area contributed by atoms with Crippen molar-refractivity contribution in [3.63, 3.8) is 0 Å². The van der Waals surface area contributed by atoms with E-state index in [1.54, 1.807) is 0 Å². The van der Waals surface area contributed by atoms with Crippen LogP contribution >= 0.6 is 0 Å². The van der Waals surface area contributed by atoms with Crippen LogP contribution in [0.2, 0.25) is 0 Å². The van der Waals surface area contributed by atoms with Crippen molar-refractivity contribution in [3.05, 3.63) is 47.0 Å². The maximum atomic E-state index is 4.62. The zero-order valence-corrected chi connectivity index (χ0v) is 11.2. The van der Waals surface area contributed by atoms with Crippen molar-refractivity contribution in [2.24, 2.45) is 10.4 Å². The van der Waals surface area contributed by atoms with Crippen LogP contribution in [0.25, 0.3) is 0 Å². The smallest absolute Gasteiger partial charge is 0.0788 e. The Balaban J connectivity index is 2.26. The largest absolute Gasteiger partial charge is 0.285 e. The highest BCUT2D eigenvalue weighted by Gasteiger charge is 2.23. The molecule has 1 heteroatoms. The molecular weight excluding hydrogens is 206 g/mol. The molecule has 1 aromatic rings. The Kier molecular flexibility index (Phi) is 3.19. The van der Waals surface area contributed by atoms with Crippen molar-refractivity contribution in [3.8, 4) is 0 Å². The molecule has 0 N–H and O–H groups in total. The van der Waals surface area contributed by atoms with Gasteiger partial charge in [-0.05, 0) is 36.0 Å². The van der Waals surface area contributed by atoms with E-state index in [9.17, 15) is 0 Å². The molecule has 0 aromatic heterocycles. The number of benzene rings is 1. The molecule has 1 nitrogen and oxygen atoms in total. The average Bonchev–Trinajstić information content (AvgIpc) is 2.29. The van der Waals surface area contributed by atoms with E-state index in [2.05, 4.69) is 63.0 Å². The van der Waals surface area contributed by atoms with Crippen LogP contribution in [0.3, 0.4) is 0 Å². The van der Waals surface area contributed by atoms with Crippen LogP contribution in [0.5, 0.6) is 0 Å². The average molecular weight is 227 g/mol. The first-order valence-electron chi connectivity index (χ1n) is 6.27. The molecule has 0 amide bonds. The summed E-state index contributed by atoms with van der Waals surface area (Å²) >= 11 is 0. The van der Waals surface area contributed by atoms with Gasteiger partial charge in [-0.2, -0.15) is 0 Å². The van der Waals surface area contributed by atoms with E-state index in [1.165, 1.54) is 16.7 Å². The Labute approximate surface area is 104 Å². The summed E-state index contributed by atoms with van der Waals surface area (Å²) in [4.78, 5) is 4.62. The van der Waals surface area contributed by atoms with Gasteiger partial charge in [0.15, 0.2) is 0 Å². The number of hydrogen-bond donors (Lipinski definition) is 0. The summed E-state index contributed by atoms with van der Waals surface area (Å²) in [5, 5.41) is 0. The number of hydrogen-bond acceptors (Lipinski definition) is 1. The highest BCUT2D eigenvalue weighted by atomic mass is 14.8. The molecule has 1 unspecified atom stereocenters. The minimum absolute atomic E-state index is 0.243. The van der Waals surface area contributed by atoms with Gasteiger partial charge in [-0.1, -0.05) is 50.6 Å². The maximum absolute atomic E-state index is 4.62. The molecule has 0 aliphatic carbocycles. The van der Waals surface area contributed by atoms with Crippen molar-refractivity contribution >= 4 is 6.21 Å². The standard InChI is InChI=1S/C16H21N/c1-12-7-5-6-8-14(12)15-11-13(9-10-17-15)16(2,3)4/h5-10,15H,11H2,1-4H3. The Morgan fingerprint density at radius 1 is 1.18 bits per heavy atom. The molecule has 1 heterocycles. The topological polar surface area (TPSA) is 12.4 Å². The summed E-state index contributed by atoms with van der Waals surface area (Å²) in [6.07, 6.45) is 5.20. The molecule has 0 fully saturated rings. The van der Waals surface area contributed by atoms with Gasteiger partial charge in [-0.25, -0.2) is 0 Å². The van der Waals surface area contributed by atoms with Crippen molar-refractivity contribution in [1.82, 2.24) is 0 Å². The van der Waals surface area contributed by atoms with Gasteiger partial charge in [0.1, 0.15) is 0 Å². The summed E-state index contributed by atoms with van der Waals surface area (Å²) in [7, 11) is 0. The fourth-order valence-corrected chi connectivity index (χ4v) is 2.27. The van der Waals surface area contributed by atoms with E-state index >= 15 is 0 Å². The maximum Gasteiger partial charge on any atom is 0.0788 e. The lowest BCUT2D eigenvalue weighted by molar-refractivity contribution is 0.464. The first-order chi connectivity index (χ1) is 7.98. The highest BCUT2D eigenvalue weighted by Crippen LogP contribution is 2.37. The summed E-state index contributed by atoms with van der Waals surface area (Å²) < 4.78 is 0. The van der Waals surface area contributed by atoms with Crippen LogP contribution in [0.1, 0.15) is 44.4 Å². The monoisotopic (exact) mass is 227 g/mol. The predicted molar refractivity (Wildman–Crippen MR) is 74.6 cm³/mol. The lowest BCUT2D eigenvalue weighted by atomic mass is 9.80. The Morgan fingerprint density at radius 2 is 1.88 bits per heavy atom. The third-order valence-corrected chi connectivity index (χ3v) is 3.47. The van der Waals surface area contributed by atoms with E-state index in [-0.39, 0.29) is 5.41 Å². The second-order valence-electron chi connectivity index (χ2n) is 5.82. The molecule has 1 aliphatic heterocycles. The van der Waals surface area contributed by atoms with Gasteiger partial charge in [0.2, 0.25) is 0 Å². The van der Waals surface area contributed by atoms with Crippen LogP contribution < -0.4 is 0 Å². The SMILES string of the molecule is Cc1ccccc1C1CC(C(C)(C)C)=CC=N1. The van der Waals surface area contributed by atoms with Crippen molar-refractivity contribution in [1.29, 1.82) is 0 Å². The minimum Gasteiger partial charge on any atom is -0.285 e. The van der Waals surface area contributed by atoms with Gasteiger partial charge in [-0.15, -0.1) is 0 Å². The summed E-state index contributed by atoms with van der Waals surface area (Å²) in [6, 6.07) is 8.86. The fraction of sp³-hybridized carbons (Fsp3) is 0.438. The number of allylic oxidation sites excluding steroid dienone is 1. The van der Waals surface area contributed by atoms with Gasteiger partial charge >= 0.3 is 0 Å². The first kappa shape index (κ1) is 12.1. The molecule has 0 saturated carbocycles. The van der Waals surface area contributed by atoms with Crippen LogP contribution in [-0.2, 0) is 0 Å². The van der Waals surface area contributed by atoms with E-state index < -0.39 is 0 Å².